The smallest absolute Gasteiger partial charge is 0.239 e. The molecule has 134 valence electrons. The zero-order chi connectivity index (χ0) is 18.6. The molecule has 1 heterocycles. The van der Waals surface area contributed by atoms with Crippen molar-refractivity contribution in [2.45, 2.75) is 18.6 Å². The Balaban J connectivity index is 1.48. The van der Waals surface area contributed by atoms with Crippen LogP contribution in [-0.4, -0.2) is 22.5 Å². The number of fused-ring (bicyclic) bond motifs is 1. The van der Waals surface area contributed by atoms with E-state index in [2.05, 4.69) is 52.8 Å². The van der Waals surface area contributed by atoms with Crippen LogP contribution in [0, 0.1) is 6.92 Å². The minimum absolute atomic E-state index is 0.0117. The molecule has 5 heteroatoms. The second kappa shape index (κ2) is 7.76. The number of carbonyl (C=O) groups excluding carboxylic acids is 1. The molecule has 1 N–H and O–H groups in total. The summed E-state index contributed by atoms with van der Waals surface area (Å²) in [7, 11) is 0. The number of benzene rings is 3. The lowest BCUT2D eigenvalue weighted by molar-refractivity contribution is -0.118. The zero-order valence-electron chi connectivity index (χ0n) is 14.9. The van der Waals surface area contributed by atoms with Crippen molar-refractivity contribution in [1.29, 1.82) is 0 Å². The number of rotatable bonds is 4. The van der Waals surface area contributed by atoms with Crippen LogP contribution in [0.25, 0.3) is 10.8 Å². The number of thioether (sulfide) groups is 1. The van der Waals surface area contributed by atoms with Crippen molar-refractivity contribution in [2.24, 2.45) is 10.2 Å². The Morgan fingerprint density at radius 1 is 1.04 bits per heavy atom. The van der Waals surface area contributed by atoms with Crippen molar-refractivity contribution in [2.75, 3.05) is 0 Å². The molecular weight excluding hydrogens is 354 g/mol. The SMILES string of the molecule is Cc1ccccc1C[C@H]1S/C(=N/N=C\c2cccc3ccccc23)NC1=O. The van der Waals surface area contributed by atoms with Crippen molar-refractivity contribution in [3.8, 4) is 0 Å². The molecule has 27 heavy (non-hydrogen) atoms. The van der Waals surface area contributed by atoms with E-state index in [1.54, 1.807) is 6.21 Å². The highest BCUT2D eigenvalue weighted by molar-refractivity contribution is 8.15. The summed E-state index contributed by atoms with van der Waals surface area (Å²) in [5.74, 6) is -0.0117. The van der Waals surface area contributed by atoms with Gasteiger partial charge >= 0.3 is 0 Å². The predicted octanol–water partition coefficient (Wildman–Crippen LogP) is 4.31. The summed E-state index contributed by atoms with van der Waals surface area (Å²) in [5.41, 5.74) is 3.39. The van der Waals surface area contributed by atoms with Gasteiger partial charge in [0.25, 0.3) is 0 Å². The lowest BCUT2D eigenvalue weighted by atomic mass is 10.0. The van der Waals surface area contributed by atoms with Crippen LogP contribution in [0.2, 0.25) is 0 Å². The molecule has 3 aromatic carbocycles. The highest BCUT2D eigenvalue weighted by atomic mass is 32.2. The summed E-state index contributed by atoms with van der Waals surface area (Å²) in [5, 5.41) is 13.9. The summed E-state index contributed by atoms with van der Waals surface area (Å²) in [6.07, 6.45) is 2.42. The molecular formula is C22H19N3OS. The van der Waals surface area contributed by atoms with Crippen LogP contribution in [-0.2, 0) is 11.2 Å². The molecule has 0 spiro atoms. The van der Waals surface area contributed by atoms with Gasteiger partial charge in [-0.25, -0.2) is 0 Å². The Morgan fingerprint density at radius 3 is 2.70 bits per heavy atom. The van der Waals surface area contributed by atoms with Crippen LogP contribution in [0.15, 0.2) is 76.9 Å². The number of amides is 1. The van der Waals surface area contributed by atoms with E-state index in [4.69, 9.17) is 0 Å². The largest absolute Gasteiger partial charge is 0.303 e. The van der Waals surface area contributed by atoms with Crippen molar-refractivity contribution < 1.29 is 4.79 Å². The summed E-state index contributed by atoms with van der Waals surface area (Å²) < 4.78 is 0. The maximum Gasteiger partial charge on any atom is 0.239 e. The van der Waals surface area contributed by atoms with E-state index in [1.807, 2.05) is 36.4 Å². The molecule has 0 unspecified atom stereocenters. The van der Waals surface area contributed by atoms with Crippen LogP contribution in [0.1, 0.15) is 16.7 Å². The number of nitrogens with zero attached hydrogens (tertiary/aromatic N) is 2. The van der Waals surface area contributed by atoms with Gasteiger partial charge in [-0.05, 0) is 35.2 Å². The number of hydrogen-bond donors (Lipinski definition) is 1. The fourth-order valence-electron chi connectivity index (χ4n) is 3.13. The summed E-state index contributed by atoms with van der Waals surface area (Å²) in [6.45, 7) is 2.07. The maximum atomic E-state index is 12.2. The van der Waals surface area contributed by atoms with Crippen LogP contribution in [0.5, 0.6) is 0 Å². The van der Waals surface area contributed by atoms with E-state index >= 15 is 0 Å². The van der Waals surface area contributed by atoms with Crippen molar-refractivity contribution in [3.05, 3.63) is 83.4 Å². The number of carbonyl (C=O) groups is 1. The van der Waals surface area contributed by atoms with E-state index in [-0.39, 0.29) is 11.2 Å². The van der Waals surface area contributed by atoms with Gasteiger partial charge in [0.15, 0.2) is 5.17 Å². The van der Waals surface area contributed by atoms with Gasteiger partial charge in [0, 0.05) is 5.56 Å². The molecule has 3 aromatic rings. The van der Waals surface area contributed by atoms with E-state index < -0.39 is 0 Å². The third-order valence-corrected chi connectivity index (χ3v) is 5.68. The molecule has 1 aliphatic heterocycles. The molecule has 0 radical (unpaired) electrons. The second-order valence-corrected chi connectivity index (χ2v) is 7.64. The van der Waals surface area contributed by atoms with Crippen molar-refractivity contribution >= 4 is 39.8 Å². The first kappa shape index (κ1) is 17.5. The summed E-state index contributed by atoms with van der Waals surface area (Å²) in [4.78, 5) is 12.2. The lowest BCUT2D eigenvalue weighted by Gasteiger charge is -2.07. The van der Waals surface area contributed by atoms with E-state index in [0.29, 0.717) is 11.6 Å². The van der Waals surface area contributed by atoms with Crippen molar-refractivity contribution in [1.82, 2.24) is 5.32 Å². The van der Waals surface area contributed by atoms with Crippen LogP contribution >= 0.6 is 11.8 Å². The number of hydrogen-bond acceptors (Lipinski definition) is 4. The second-order valence-electron chi connectivity index (χ2n) is 6.44. The molecule has 4 rings (SSSR count). The monoisotopic (exact) mass is 373 g/mol. The molecule has 0 aliphatic carbocycles. The first-order valence-electron chi connectivity index (χ1n) is 8.81. The van der Waals surface area contributed by atoms with E-state index in [1.165, 1.54) is 22.9 Å². The summed E-state index contributed by atoms with van der Waals surface area (Å²) in [6, 6.07) is 22.4. The van der Waals surface area contributed by atoms with Gasteiger partial charge in [-0.2, -0.15) is 5.10 Å². The van der Waals surface area contributed by atoms with Crippen LogP contribution in [0.3, 0.4) is 0 Å². The highest BCUT2D eigenvalue weighted by Crippen LogP contribution is 2.24. The molecule has 1 fully saturated rings. The predicted molar refractivity (Wildman–Crippen MR) is 113 cm³/mol. The first-order valence-corrected chi connectivity index (χ1v) is 9.69. The molecule has 1 aliphatic rings. The standard InChI is InChI=1S/C22H19N3OS/c1-15-7-2-3-9-17(15)13-20-21(26)24-22(27-20)25-23-14-18-11-6-10-16-8-4-5-12-19(16)18/h2-12,14,20H,13H2,1H3,(H,24,25,26)/b23-14-/t20-/m1/s1. The molecule has 0 saturated carbocycles. The minimum atomic E-state index is -0.169. The fourth-order valence-corrected chi connectivity index (χ4v) is 4.08. The maximum absolute atomic E-state index is 12.2. The lowest BCUT2D eigenvalue weighted by Crippen LogP contribution is -2.26. The van der Waals surface area contributed by atoms with Gasteiger partial charge in [-0.1, -0.05) is 78.5 Å². The Kier molecular flexibility index (Phi) is 5.03. The molecule has 0 bridgehead atoms. The quantitative estimate of drug-likeness (QED) is 0.547. The van der Waals surface area contributed by atoms with Gasteiger partial charge < -0.3 is 5.32 Å². The zero-order valence-corrected chi connectivity index (χ0v) is 15.7. The highest BCUT2D eigenvalue weighted by Gasteiger charge is 2.30. The van der Waals surface area contributed by atoms with Gasteiger partial charge in [0.2, 0.25) is 5.91 Å². The molecule has 1 saturated heterocycles. The Hall–Kier alpha value is -2.92. The van der Waals surface area contributed by atoms with Gasteiger partial charge in [-0.15, -0.1) is 5.10 Å². The van der Waals surface area contributed by atoms with Gasteiger partial charge in [0.1, 0.15) is 0 Å². The van der Waals surface area contributed by atoms with E-state index in [0.717, 1.165) is 16.3 Å². The third-order valence-electron chi connectivity index (χ3n) is 4.61. The third kappa shape index (κ3) is 3.93. The molecule has 1 amide bonds. The average molecular weight is 373 g/mol. The minimum Gasteiger partial charge on any atom is -0.303 e. The van der Waals surface area contributed by atoms with Gasteiger partial charge in [-0.3, -0.25) is 4.79 Å². The Labute approximate surface area is 162 Å². The number of aryl methyl sites for hydroxylation is 1. The van der Waals surface area contributed by atoms with Crippen LogP contribution in [0.4, 0.5) is 0 Å². The Morgan fingerprint density at radius 2 is 1.81 bits per heavy atom. The molecule has 4 nitrogen and oxygen atoms in total. The van der Waals surface area contributed by atoms with Gasteiger partial charge in [0.05, 0.1) is 11.5 Å². The summed E-state index contributed by atoms with van der Waals surface area (Å²) >= 11 is 1.44. The molecule has 0 aromatic heterocycles. The van der Waals surface area contributed by atoms with Crippen LogP contribution < -0.4 is 5.32 Å². The topological polar surface area (TPSA) is 53.8 Å². The van der Waals surface area contributed by atoms with Crippen molar-refractivity contribution in [3.63, 3.8) is 0 Å². The number of nitrogens with one attached hydrogen (secondary N) is 1. The normalized spacial score (nSPS) is 18.5. The number of amidine groups is 1. The first-order chi connectivity index (χ1) is 13.2. The van der Waals surface area contributed by atoms with E-state index in [9.17, 15) is 4.79 Å². The molecule has 1 atom stereocenters. The Bertz CT molecular complexity index is 1050. The average Bonchev–Trinajstić information content (AvgIpc) is 3.03. The fraction of sp³-hybridized carbons (Fsp3) is 0.136.